The van der Waals surface area contributed by atoms with E-state index in [1.165, 1.54) is 17.4 Å². The van der Waals surface area contributed by atoms with Gasteiger partial charge in [0, 0.05) is 13.1 Å². The molecule has 0 spiro atoms. The largest absolute Gasteiger partial charge is 0.367 e. The van der Waals surface area contributed by atoms with Gasteiger partial charge in [0.25, 0.3) is 0 Å². The number of likely N-dealkylation sites (tertiary alicyclic amines) is 1. The average molecular weight is 223 g/mol. The molecule has 16 heavy (non-hydrogen) atoms. The molecule has 2 heterocycles. The second kappa shape index (κ2) is 4.51. The number of carbonyl (C=O) groups is 1. The average Bonchev–Trinajstić information content (AvgIpc) is 2.64. The fraction of sp³-hybridized carbons (Fsp3) is 0.700. The third-order valence-electron chi connectivity index (χ3n) is 2.86. The molecule has 1 aromatic heterocycles. The molecule has 1 atom stereocenters. The van der Waals surface area contributed by atoms with Gasteiger partial charge in [-0.3, -0.25) is 4.79 Å². The number of carbonyl (C=O) groups excluding carboxylic acids is 1. The summed E-state index contributed by atoms with van der Waals surface area (Å²) in [5.74, 6) is 0.898. The van der Waals surface area contributed by atoms with E-state index in [0.29, 0.717) is 5.92 Å². The van der Waals surface area contributed by atoms with Gasteiger partial charge in [0.2, 0.25) is 11.9 Å². The topological polar surface area (TPSA) is 77.0 Å². The van der Waals surface area contributed by atoms with Crippen molar-refractivity contribution < 1.29 is 4.79 Å². The summed E-state index contributed by atoms with van der Waals surface area (Å²) in [6, 6.07) is 0. The van der Waals surface area contributed by atoms with Crippen LogP contribution in [0.3, 0.4) is 0 Å². The molecule has 0 aliphatic carbocycles. The summed E-state index contributed by atoms with van der Waals surface area (Å²) in [6.07, 6.45) is 3.78. The number of hydrogen-bond donors (Lipinski definition) is 1. The lowest BCUT2D eigenvalue weighted by molar-refractivity contribution is -0.133. The van der Waals surface area contributed by atoms with Crippen LogP contribution in [0.25, 0.3) is 0 Å². The summed E-state index contributed by atoms with van der Waals surface area (Å²) in [5.41, 5.74) is 5.39. The zero-order valence-electron chi connectivity index (χ0n) is 9.46. The highest BCUT2D eigenvalue weighted by Crippen LogP contribution is 2.15. The zero-order valence-corrected chi connectivity index (χ0v) is 9.46. The van der Waals surface area contributed by atoms with Crippen molar-refractivity contribution in [2.24, 2.45) is 5.92 Å². The maximum atomic E-state index is 11.9. The molecule has 6 heteroatoms. The van der Waals surface area contributed by atoms with Gasteiger partial charge in [-0.05, 0) is 18.8 Å². The van der Waals surface area contributed by atoms with Crippen molar-refractivity contribution in [1.82, 2.24) is 19.7 Å². The van der Waals surface area contributed by atoms with Gasteiger partial charge in [-0.25, -0.2) is 9.67 Å². The van der Waals surface area contributed by atoms with Gasteiger partial charge < -0.3 is 10.6 Å². The van der Waals surface area contributed by atoms with E-state index in [-0.39, 0.29) is 18.4 Å². The maximum absolute atomic E-state index is 11.9. The first kappa shape index (κ1) is 10.9. The summed E-state index contributed by atoms with van der Waals surface area (Å²) in [6.45, 7) is 4.11. The molecule has 0 saturated carbocycles. The van der Waals surface area contributed by atoms with E-state index in [0.717, 1.165) is 19.5 Å². The van der Waals surface area contributed by atoms with Gasteiger partial charge in [0.15, 0.2) is 0 Å². The third kappa shape index (κ3) is 2.50. The Morgan fingerprint density at radius 1 is 1.69 bits per heavy atom. The number of nitrogens with two attached hydrogens (primary N) is 1. The number of hydrogen-bond acceptors (Lipinski definition) is 4. The first-order valence-corrected chi connectivity index (χ1v) is 5.58. The van der Waals surface area contributed by atoms with Gasteiger partial charge in [-0.15, -0.1) is 5.10 Å². The lowest BCUT2D eigenvalue weighted by Crippen LogP contribution is -2.40. The van der Waals surface area contributed by atoms with Crippen LogP contribution in [0, 0.1) is 5.92 Å². The molecule has 2 N–H and O–H groups in total. The highest BCUT2D eigenvalue weighted by molar-refractivity contribution is 5.76. The van der Waals surface area contributed by atoms with Crippen LogP contribution in [0.1, 0.15) is 19.8 Å². The molecule has 88 valence electrons. The van der Waals surface area contributed by atoms with Crippen molar-refractivity contribution in [3.05, 3.63) is 6.33 Å². The Morgan fingerprint density at radius 2 is 2.50 bits per heavy atom. The minimum absolute atomic E-state index is 0.0939. The number of nitrogen functional groups attached to an aromatic ring is 1. The highest BCUT2D eigenvalue weighted by Gasteiger charge is 2.21. The fourth-order valence-corrected chi connectivity index (χ4v) is 2.04. The van der Waals surface area contributed by atoms with Crippen LogP contribution in [-0.2, 0) is 11.3 Å². The smallest absolute Gasteiger partial charge is 0.244 e. The number of anilines is 1. The van der Waals surface area contributed by atoms with E-state index in [2.05, 4.69) is 17.0 Å². The number of rotatable bonds is 2. The standard InChI is InChI=1S/C10H17N5O/c1-8-3-2-4-14(5-8)9(16)6-15-7-12-10(11)13-15/h7-8H,2-6H2,1H3,(H2,11,13). The SMILES string of the molecule is CC1CCCN(C(=O)Cn2cnc(N)n2)C1. The Labute approximate surface area is 94.4 Å². The Kier molecular flexibility index (Phi) is 3.07. The number of nitrogens with zero attached hydrogens (tertiary/aromatic N) is 4. The maximum Gasteiger partial charge on any atom is 0.244 e. The van der Waals surface area contributed by atoms with E-state index in [1.807, 2.05) is 4.90 Å². The Bertz CT molecular complexity index is 375. The normalized spacial score (nSPS) is 21.1. The van der Waals surface area contributed by atoms with Gasteiger partial charge >= 0.3 is 0 Å². The fourth-order valence-electron chi connectivity index (χ4n) is 2.04. The Morgan fingerprint density at radius 3 is 3.12 bits per heavy atom. The summed E-state index contributed by atoms with van der Waals surface area (Å²) < 4.78 is 1.48. The first-order chi connectivity index (χ1) is 7.65. The van der Waals surface area contributed by atoms with Gasteiger partial charge in [-0.2, -0.15) is 0 Å². The molecule has 0 radical (unpaired) electrons. The van der Waals surface area contributed by atoms with Crippen molar-refractivity contribution in [3.63, 3.8) is 0 Å². The van der Waals surface area contributed by atoms with Gasteiger partial charge in [0.1, 0.15) is 12.9 Å². The summed E-state index contributed by atoms with van der Waals surface area (Å²) >= 11 is 0. The molecular weight excluding hydrogens is 206 g/mol. The summed E-state index contributed by atoms with van der Waals surface area (Å²) in [7, 11) is 0. The lowest BCUT2D eigenvalue weighted by atomic mass is 10.0. The van der Waals surface area contributed by atoms with Crippen molar-refractivity contribution in [1.29, 1.82) is 0 Å². The monoisotopic (exact) mass is 223 g/mol. The van der Waals surface area contributed by atoms with Crippen molar-refractivity contribution >= 4 is 11.9 Å². The molecule has 1 aliphatic heterocycles. The van der Waals surface area contributed by atoms with Gasteiger partial charge in [0.05, 0.1) is 0 Å². The van der Waals surface area contributed by atoms with Gasteiger partial charge in [-0.1, -0.05) is 6.92 Å². The third-order valence-corrected chi connectivity index (χ3v) is 2.86. The molecule has 1 unspecified atom stereocenters. The van der Waals surface area contributed by atoms with E-state index in [4.69, 9.17) is 5.73 Å². The number of amides is 1. The van der Waals surface area contributed by atoms with Crippen LogP contribution in [-0.4, -0.2) is 38.7 Å². The van der Waals surface area contributed by atoms with E-state index < -0.39 is 0 Å². The molecule has 6 nitrogen and oxygen atoms in total. The van der Waals surface area contributed by atoms with Crippen molar-refractivity contribution in [2.45, 2.75) is 26.3 Å². The molecular formula is C10H17N5O. The predicted molar refractivity (Wildman–Crippen MR) is 59.4 cm³/mol. The molecule has 0 bridgehead atoms. The highest BCUT2D eigenvalue weighted by atomic mass is 16.2. The molecule has 1 fully saturated rings. The van der Waals surface area contributed by atoms with Crippen molar-refractivity contribution in [2.75, 3.05) is 18.8 Å². The number of piperidine rings is 1. The minimum Gasteiger partial charge on any atom is -0.367 e. The van der Waals surface area contributed by atoms with E-state index >= 15 is 0 Å². The predicted octanol–water partition coefficient (Wildman–Crippen LogP) is 0.119. The summed E-state index contributed by atoms with van der Waals surface area (Å²) in [5, 5.41) is 3.90. The van der Waals surface area contributed by atoms with Crippen LogP contribution in [0.5, 0.6) is 0 Å². The first-order valence-electron chi connectivity index (χ1n) is 5.58. The van der Waals surface area contributed by atoms with Crippen LogP contribution in [0.2, 0.25) is 0 Å². The second-order valence-electron chi connectivity index (χ2n) is 4.39. The number of aromatic nitrogens is 3. The Hall–Kier alpha value is -1.59. The van der Waals surface area contributed by atoms with Crippen LogP contribution in [0.4, 0.5) is 5.95 Å². The molecule has 1 aromatic rings. The quantitative estimate of drug-likeness (QED) is 0.772. The molecule has 1 aliphatic rings. The molecule has 1 saturated heterocycles. The Balaban J connectivity index is 1.92. The summed E-state index contributed by atoms with van der Waals surface area (Å²) in [4.78, 5) is 17.6. The molecule has 1 amide bonds. The van der Waals surface area contributed by atoms with E-state index in [9.17, 15) is 4.79 Å². The zero-order chi connectivity index (χ0) is 11.5. The van der Waals surface area contributed by atoms with Crippen LogP contribution in [0.15, 0.2) is 6.33 Å². The van der Waals surface area contributed by atoms with Crippen LogP contribution >= 0.6 is 0 Å². The van der Waals surface area contributed by atoms with Crippen molar-refractivity contribution in [3.8, 4) is 0 Å². The second-order valence-corrected chi connectivity index (χ2v) is 4.39. The lowest BCUT2D eigenvalue weighted by Gasteiger charge is -2.30. The van der Waals surface area contributed by atoms with E-state index in [1.54, 1.807) is 0 Å². The minimum atomic E-state index is 0.0939. The van der Waals surface area contributed by atoms with Crippen LogP contribution < -0.4 is 5.73 Å². The molecule has 2 rings (SSSR count). The molecule has 0 aromatic carbocycles.